The number of esters is 1. The van der Waals surface area contributed by atoms with Crippen LogP contribution in [0.25, 0.3) is 10.8 Å². The maximum absolute atomic E-state index is 11.5. The zero-order valence-corrected chi connectivity index (χ0v) is 17.4. The van der Waals surface area contributed by atoms with Crippen LogP contribution in [0, 0.1) is 6.92 Å². The smallest absolute Gasteiger partial charge is 0.305 e. The summed E-state index contributed by atoms with van der Waals surface area (Å²) in [6, 6.07) is 11.2. The minimum atomic E-state index is -0.0743. The van der Waals surface area contributed by atoms with E-state index in [1.807, 2.05) is 6.92 Å². The van der Waals surface area contributed by atoms with Crippen LogP contribution in [0.4, 0.5) is 5.69 Å². The average Bonchev–Trinajstić information content (AvgIpc) is 2.82. The molecule has 0 aliphatic carbocycles. The maximum Gasteiger partial charge on any atom is 0.305 e. The lowest BCUT2D eigenvalue weighted by atomic mass is 9.79. The average molecular weight is 367 g/mol. The number of fused-ring (bicyclic) bond motifs is 3. The summed E-state index contributed by atoms with van der Waals surface area (Å²) < 4.78 is 7.50. The largest absolute Gasteiger partial charge is 0.466 e. The fraction of sp³-hybridized carbons (Fsp3) is 0.500. The van der Waals surface area contributed by atoms with Crippen LogP contribution in [-0.4, -0.2) is 29.4 Å². The highest BCUT2D eigenvalue weighted by molar-refractivity contribution is 6.02. The number of benzene rings is 2. The number of hydrogen-bond acceptors (Lipinski definition) is 2. The Morgan fingerprint density at radius 2 is 1.81 bits per heavy atom. The third-order valence-electron chi connectivity index (χ3n) is 6.05. The number of ether oxygens (including phenoxy) is 1. The van der Waals surface area contributed by atoms with Crippen molar-refractivity contribution >= 4 is 28.1 Å². The summed E-state index contributed by atoms with van der Waals surface area (Å²) in [5, 5.41) is 2.73. The Hall–Kier alpha value is -2.16. The molecule has 3 nitrogen and oxygen atoms in total. The molecule has 0 saturated carbocycles. The Morgan fingerprint density at radius 3 is 2.56 bits per heavy atom. The van der Waals surface area contributed by atoms with Gasteiger partial charge in [0, 0.05) is 31.4 Å². The summed E-state index contributed by atoms with van der Waals surface area (Å²) in [6.45, 7) is 12.5. The highest BCUT2D eigenvalue weighted by Gasteiger charge is 2.43. The Morgan fingerprint density at radius 1 is 1.04 bits per heavy atom. The summed E-state index contributed by atoms with van der Waals surface area (Å²) in [5.74, 6) is -0.0743. The van der Waals surface area contributed by atoms with E-state index in [1.54, 1.807) is 0 Å². The third-order valence-corrected chi connectivity index (χ3v) is 6.05. The molecule has 27 heavy (non-hydrogen) atoms. The molecule has 1 aliphatic rings. The molecule has 2 aromatic carbocycles. The van der Waals surface area contributed by atoms with Crippen molar-refractivity contribution in [2.24, 2.45) is 0 Å². The van der Waals surface area contributed by atoms with Crippen molar-refractivity contribution in [3.63, 3.8) is 0 Å². The predicted molar refractivity (Wildman–Crippen MR) is 112 cm³/mol. The first-order valence-corrected chi connectivity index (χ1v) is 10.2. The molecule has 1 heterocycles. The van der Waals surface area contributed by atoms with Gasteiger partial charge in [-0.05, 0) is 62.9 Å². The van der Waals surface area contributed by atoms with Gasteiger partial charge in [-0.3, -0.25) is 4.79 Å². The SMILES string of the molecule is CCOC(=O)CCCCC[N+]1=C(C)C(C)(C)c2c1ccc1c(C)cccc21. The summed E-state index contributed by atoms with van der Waals surface area (Å²) in [7, 11) is 0. The van der Waals surface area contributed by atoms with Crippen LogP contribution >= 0.6 is 0 Å². The Balaban J connectivity index is 1.78. The van der Waals surface area contributed by atoms with E-state index in [4.69, 9.17) is 4.74 Å². The van der Waals surface area contributed by atoms with E-state index >= 15 is 0 Å². The lowest BCUT2D eigenvalue weighted by Gasteiger charge is -2.17. The van der Waals surface area contributed by atoms with Crippen molar-refractivity contribution < 1.29 is 14.1 Å². The second-order valence-corrected chi connectivity index (χ2v) is 8.11. The van der Waals surface area contributed by atoms with Crippen LogP contribution in [0.3, 0.4) is 0 Å². The first kappa shape index (κ1) is 19.6. The number of carbonyl (C=O) groups excluding carboxylic acids is 1. The van der Waals surface area contributed by atoms with Gasteiger partial charge in [-0.15, -0.1) is 0 Å². The van der Waals surface area contributed by atoms with E-state index in [0.717, 1.165) is 25.8 Å². The van der Waals surface area contributed by atoms with Gasteiger partial charge in [0.15, 0.2) is 5.71 Å². The van der Waals surface area contributed by atoms with Crippen molar-refractivity contribution in [3.8, 4) is 0 Å². The summed E-state index contributed by atoms with van der Waals surface area (Å²) in [5.41, 5.74) is 5.58. The first-order chi connectivity index (χ1) is 12.9. The van der Waals surface area contributed by atoms with E-state index in [9.17, 15) is 4.79 Å². The van der Waals surface area contributed by atoms with Gasteiger partial charge < -0.3 is 4.74 Å². The number of rotatable bonds is 7. The van der Waals surface area contributed by atoms with Gasteiger partial charge in [-0.2, -0.15) is 4.58 Å². The van der Waals surface area contributed by atoms with E-state index < -0.39 is 0 Å². The highest BCUT2D eigenvalue weighted by atomic mass is 16.5. The number of unbranched alkanes of at least 4 members (excludes halogenated alkanes) is 2. The fourth-order valence-electron chi connectivity index (χ4n) is 4.32. The van der Waals surface area contributed by atoms with Gasteiger partial charge in [-0.25, -0.2) is 0 Å². The van der Waals surface area contributed by atoms with Crippen molar-refractivity contribution in [3.05, 3.63) is 41.5 Å². The fourth-order valence-corrected chi connectivity index (χ4v) is 4.32. The zero-order chi connectivity index (χ0) is 19.6. The molecule has 3 heteroatoms. The maximum atomic E-state index is 11.5. The van der Waals surface area contributed by atoms with Crippen LogP contribution < -0.4 is 0 Å². The molecule has 2 aromatic rings. The molecule has 0 fully saturated rings. The minimum absolute atomic E-state index is 0.0353. The van der Waals surface area contributed by atoms with Gasteiger partial charge in [-0.1, -0.05) is 18.2 Å². The number of nitrogens with zero attached hydrogens (tertiary/aromatic N) is 1. The topological polar surface area (TPSA) is 29.3 Å². The van der Waals surface area contributed by atoms with Gasteiger partial charge in [0.1, 0.15) is 6.54 Å². The quantitative estimate of drug-likeness (QED) is 0.359. The van der Waals surface area contributed by atoms with Crippen LogP contribution in [0.15, 0.2) is 30.3 Å². The molecule has 0 radical (unpaired) electrons. The monoisotopic (exact) mass is 366 g/mol. The molecule has 0 saturated heterocycles. The van der Waals surface area contributed by atoms with Crippen molar-refractivity contribution in [2.45, 2.75) is 65.7 Å². The lowest BCUT2D eigenvalue weighted by molar-refractivity contribution is -0.439. The van der Waals surface area contributed by atoms with Crippen LogP contribution in [0.5, 0.6) is 0 Å². The van der Waals surface area contributed by atoms with Crippen LogP contribution in [-0.2, 0) is 14.9 Å². The molecule has 0 bridgehead atoms. The molecule has 144 valence electrons. The Kier molecular flexibility index (Phi) is 5.69. The summed E-state index contributed by atoms with van der Waals surface area (Å²) >= 11 is 0. The van der Waals surface area contributed by atoms with Gasteiger partial charge in [0.05, 0.1) is 12.0 Å². The van der Waals surface area contributed by atoms with E-state index in [2.05, 4.69) is 62.6 Å². The van der Waals surface area contributed by atoms with Crippen molar-refractivity contribution in [1.29, 1.82) is 0 Å². The van der Waals surface area contributed by atoms with Crippen LogP contribution in [0.1, 0.15) is 64.5 Å². The Bertz CT molecular complexity index is 893. The van der Waals surface area contributed by atoms with E-state index in [-0.39, 0.29) is 11.4 Å². The molecule has 0 aromatic heterocycles. The number of carbonyl (C=O) groups is 1. The van der Waals surface area contributed by atoms with Crippen LogP contribution in [0.2, 0.25) is 0 Å². The summed E-state index contributed by atoms with van der Waals surface area (Å²) in [6.07, 6.45) is 3.56. The zero-order valence-electron chi connectivity index (χ0n) is 17.4. The molecular weight excluding hydrogens is 334 g/mol. The normalized spacial score (nSPS) is 15.3. The molecule has 0 N–H and O–H groups in total. The first-order valence-electron chi connectivity index (χ1n) is 10.2. The number of aryl methyl sites for hydroxylation is 1. The molecule has 0 atom stereocenters. The van der Waals surface area contributed by atoms with E-state index in [0.29, 0.717) is 13.0 Å². The van der Waals surface area contributed by atoms with E-state index in [1.165, 1.54) is 33.3 Å². The Labute approximate surface area is 163 Å². The second-order valence-electron chi connectivity index (χ2n) is 8.11. The second kappa shape index (κ2) is 7.84. The highest BCUT2D eigenvalue weighted by Crippen LogP contribution is 2.44. The predicted octanol–water partition coefficient (Wildman–Crippen LogP) is 5.67. The molecule has 0 unspecified atom stereocenters. The summed E-state index contributed by atoms with van der Waals surface area (Å²) in [4.78, 5) is 11.5. The van der Waals surface area contributed by atoms with Gasteiger partial charge >= 0.3 is 5.97 Å². The van der Waals surface area contributed by atoms with Crippen molar-refractivity contribution in [2.75, 3.05) is 13.2 Å². The number of hydrogen-bond donors (Lipinski definition) is 0. The third kappa shape index (κ3) is 3.65. The molecule has 3 rings (SSSR count). The minimum Gasteiger partial charge on any atom is -0.466 e. The molecule has 0 amide bonds. The van der Waals surface area contributed by atoms with Gasteiger partial charge in [0.2, 0.25) is 5.69 Å². The molecular formula is C24H32NO2+. The lowest BCUT2D eigenvalue weighted by Crippen LogP contribution is -2.27. The molecule has 1 aliphatic heterocycles. The van der Waals surface area contributed by atoms with Crippen molar-refractivity contribution in [1.82, 2.24) is 0 Å². The standard InChI is InChI=1S/C24H32NO2/c1-6-27-22(26)13-8-7-9-16-25-18(3)24(4,5)23-20-12-10-11-17(2)19(20)14-15-21(23)25/h10-12,14-15H,6-9,13,16H2,1-5H3/q+1. The van der Waals surface area contributed by atoms with Gasteiger partial charge in [0.25, 0.3) is 0 Å². The molecule has 0 spiro atoms.